The van der Waals surface area contributed by atoms with E-state index < -0.39 is 0 Å². The minimum Gasteiger partial charge on any atom is -0.298 e. The van der Waals surface area contributed by atoms with Gasteiger partial charge in [-0.15, -0.1) is 11.3 Å². The molecule has 2 unspecified atom stereocenters. The molecule has 35 heavy (non-hydrogen) atoms. The number of imidazole rings is 1. The first-order valence-electron chi connectivity index (χ1n) is 12.3. The molecule has 0 bridgehead atoms. The lowest BCUT2D eigenvalue weighted by Crippen LogP contribution is -2.52. The molecule has 4 rings (SSSR count). The van der Waals surface area contributed by atoms with E-state index in [9.17, 15) is 4.79 Å². The summed E-state index contributed by atoms with van der Waals surface area (Å²) in [4.78, 5) is 26.8. The van der Waals surface area contributed by atoms with E-state index in [-0.39, 0.29) is 12.3 Å². The molecular weight excluding hydrogens is 458 g/mol. The van der Waals surface area contributed by atoms with Crippen molar-refractivity contribution in [2.24, 2.45) is 0 Å². The highest BCUT2D eigenvalue weighted by Gasteiger charge is 2.27. The molecule has 2 atom stereocenters. The van der Waals surface area contributed by atoms with Crippen LogP contribution in [0.15, 0.2) is 24.4 Å². The van der Waals surface area contributed by atoms with Crippen LogP contribution in [-0.2, 0) is 11.2 Å². The van der Waals surface area contributed by atoms with Crippen LogP contribution < -0.4 is 5.01 Å². The van der Waals surface area contributed by atoms with Crippen molar-refractivity contribution < 1.29 is 4.79 Å². The van der Waals surface area contributed by atoms with Gasteiger partial charge in [0.25, 0.3) is 0 Å². The molecule has 0 spiro atoms. The Kier molecular flexibility index (Phi) is 7.85. The van der Waals surface area contributed by atoms with Crippen molar-refractivity contribution in [3.63, 3.8) is 0 Å². The van der Waals surface area contributed by atoms with Gasteiger partial charge >= 0.3 is 0 Å². The second-order valence-electron chi connectivity index (χ2n) is 9.50. The van der Waals surface area contributed by atoms with Crippen LogP contribution in [0.25, 0.3) is 10.2 Å². The third-order valence-corrected chi connectivity index (χ3v) is 7.97. The molecule has 9 heteroatoms. The molecule has 0 aliphatic carbocycles. The number of aromatic nitrogens is 3. The smallest absolute Gasteiger partial charge is 0.241 e. The van der Waals surface area contributed by atoms with Crippen molar-refractivity contribution in [1.82, 2.24) is 24.4 Å². The van der Waals surface area contributed by atoms with E-state index in [1.165, 1.54) is 10.3 Å². The van der Waals surface area contributed by atoms with E-state index >= 15 is 0 Å². The van der Waals surface area contributed by atoms with Crippen LogP contribution >= 0.6 is 11.3 Å². The van der Waals surface area contributed by atoms with Crippen LogP contribution in [0.3, 0.4) is 0 Å². The molecule has 3 aromatic rings. The topological polar surface area (TPSA) is 81.3 Å². The van der Waals surface area contributed by atoms with Gasteiger partial charge in [0.15, 0.2) is 0 Å². The summed E-state index contributed by atoms with van der Waals surface area (Å²) < 4.78 is 3.00. The predicted molar refractivity (Wildman–Crippen MR) is 140 cm³/mol. The zero-order chi connectivity index (χ0) is 25.1. The number of piperazine rings is 1. The van der Waals surface area contributed by atoms with E-state index in [1.807, 2.05) is 6.92 Å². The SMILES string of the molecule is Cc1nc2ccc(C(C)N3CCN(CCCC(=O)N(C)n4cc(CC#N)nc4C)C(C)C3)cc2s1. The van der Waals surface area contributed by atoms with Crippen LogP contribution in [-0.4, -0.2) is 69.6 Å². The molecule has 0 radical (unpaired) electrons. The number of fused-ring (bicyclic) bond motifs is 1. The Bertz CT molecular complexity index is 1230. The van der Waals surface area contributed by atoms with Gasteiger partial charge in [-0.05, 0) is 58.4 Å². The van der Waals surface area contributed by atoms with Crippen molar-refractivity contribution in [3.05, 3.63) is 46.5 Å². The molecule has 0 saturated carbocycles. The first-order chi connectivity index (χ1) is 16.8. The van der Waals surface area contributed by atoms with Crippen molar-refractivity contribution in [2.75, 3.05) is 38.2 Å². The van der Waals surface area contributed by atoms with Gasteiger partial charge in [0.2, 0.25) is 5.91 Å². The van der Waals surface area contributed by atoms with Gasteiger partial charge in [-0.3, -0.25) is 19.6 Å². The summed E-state index contributed by atoms with van der Waals surface area (Å²) in [7, 11) is 1.76. The Hall–Kier alpha value is -2.80. The maximum absolute atomic E-state index is 12.8. The summed E-state index contributed by atoms with van der Waals surface area (Å²) in [5, 5.41) is 11.6. The van der Waals surface area contributed by atoms with Crippen molar-refractivity contribution in [2.45, 2.75) is 59.0 Å². The van der Waals surface area contributed by atoms with Gasteiger partial charge in [0, 0.05) is 45.2 Å². The van der Waals surface area contributed by atoms with Gasteiger partial charge in [-0.2, -0.15) is 5.26 Å². The first kappa shape index (κ1) is 25.3. The van der Waals surface area contributed by atoms with Crippen LogP contribution in [0.5, 0.6) is 0 Å². The van der Waals surface area contributed by atoms with Crippen molar-refractivity contribution >= 4 is 27.5 Å². The maximum Gasteiger partial charge on any atom is 0.241 e. The van der Waals surface area contributed by atoms with E-state index in [0.29, 0.717) is 24.2 Å². The minimum absolute atomic E-state index is 0.0580. The Labute approximate surface area is 211 Å². The minimum atomic E-state index is 0.0580. The fourth-order valence-electron chi connectivity index (χ4n) is 4.94. The van der Waals surface area contributed by atoms with Crippen LogP contribution in [0.4, 0.5) is 0 Å². The average molecular weight is 494 g/mol. The Balaban J connectivity index is 1.26. The van der Waals surface area contributed by atoms with E-state index in [0.717, 1.165) is 48.9 Å². The number of thiazole rings is 1. The summed E-state index contributed by atoms with van der Waals surface area (Å²) in [6.45, 7) is 12.5. The number of nitriles is 1. The number of carbonyl (C=O) groups excluding carboxylic acids is 1. The fourth-order valence-corrected chi connectivity index (χ4v) is 5.82. The van der Waals surface area contributed by atoms with Gasteiger partial charge in [0.05, 0.1) is 39.6 Å². The number of carbonyl (C=O) groups is 1. The van der Waals surface area contributed by atoms with Crippen LogP contribution in [0, 0.1) is 25.2 Å². The lowest BCUT2D eigenvalue weighted by atomic mass is 10.0. The molecule has 3 heterocycles. The lowest BCUT2D eigenvalue weighted by molar-refractivity contribution is -0.120. The molecule has 1 amide bonds. The van der Waals surface area contributed by atoms with E-state index in [1.54, 1.807) is 34.3 Å². The third-order valence-electron chi connectivity index (χ3n) is 7.03. The number of hydrogen-bond acceptors (Lipinski definition) is 7. The monoisotopic (exact) mass is 493 g/mol. The summed E-state index contributed by atoms with van der Waals surface area (Å²) in [5.74, 6) is 0.775. The molecule has 186 valence electrons. The largest absolute Gasteiger partial charge is 0.298 e. The van der Waals surface area contributed by atoms with Gasteiger partial charge in [-0.1, -0.05) is 6.07 Å². The molecule has 1 saturated heterocycles. The predicted octanol–water partition coefficient (Wildman–Crippen LogP) is 3.82. The second kappa shape index (κ2) is 10.9. The zero-order valence-electron chi connectivity index (χ0n) is 21.4. The third kappa shape index (κ3) is 5.72. The van der Waals surface area contributed by atoms with Gasteiger partial charge in [-0.25, -0.2) is 14.6 Å². The van der Waals surface area contributed by atoms with Gasteiger partial charge in [0.1, 0.15) is 5.82 Å². The van der Waals surface area contributed by atoms with Crippen molar-refractivity contribution in [1.29, 1.82) is 5.26 Å². The normalized spacial score (nSPS) is 18.0. The second-order valence-corrected chi connectivity index (χ2v) is 10.7. The fraction of sp³-hybridized carbons (Fsp3) is 0.538. The molecular formula is C26H35N7OS. The van der Waals surface area contributed by atoms with E-state index in [4.69, 9.17) is 5.26 Å². The van der Waals surface area contributed by atoms with Crippen LogP contribution in [0.1, 0.15) is 54.8 Å². The highest BCUT2D eigenvalue weighted by atomic mass is 32.1. The summed E-state index contributed by atoms with van der Waals surface area (Å²) >= 11 is 1.76. The Morgan fingerprint density at radius 2 is 2.11 bits per heavy atom. The molecule has 2 aromatic heterocycles. The first-order valence-corrected chi connectivity index (χ1v) is 13.1. The number of hydrogen-bond donors (Lipinski definition) is 0. The summed E-state index contributed by atoms with van der Waals surface area (Å²) in [6.07, 6.45) is 3.33. The molecule has 8 nitrogen and oxygen atoms in total. The number of benzene rings is 1. The highest BCUT2D eigenvalue weighted by Crippen LogP contribution is 2.29. The summed E-state index contributed by atoms with van der Waals surface area (Å²) in [6, 6.07) is 9.58. The molecule has 1 aliphatic rings. The average Bonchev–Trinajstić information content (AvgIpc) is 3.39. The number of rotatable bonds is 8. The quantitative estimate of drug-likeness (QED) is 0.475. The van der Waals surface area contributed by atoms with Crippen LogP contribution in [0.2, 0.25) is 0 Å². The lowest BCUT2D eigenvalue weighted by Gasteiger charge is -2.42. The number of aryl methyl sites for hydroxylation is 2. The molecule has 1 aromatic carbocycles. The maximum atomic E-state index is 12.8. The standard InChI is InChI=1S/C26H35N7OS/c1-18-16-32(19(2)22-8-9-24-25(15-22)35-21(4)29-24)14-13-31(18)12-6-7-26(34)30(5)33-17-23(10-11-27)28-20(33)3/h8-9,15,17-19H,6-7,10,12-14,16H2,1-5H3. The Morgan fingerprint density at radius 3 is 2.86 bits per heavy atom. The van der Waals surface area contributed by atoms with Gasteiger partial charge < -0.3 is 0 Å². The summed E-state index contributed by atoms with van der Waals surface area (Å²) in [5.41, 5.74) is 3.13. The number of amides is 1. The molecule has 1 aliphatic heterocycles. The van der Waals surface area contributed by atoms with E-state index in [2.05, 4.69) is 64.8 Å². The molecule has 0 N–H and O–H groups in total. The number of nitrogens with zero attached hydrogens (tertiary/aromatic N) is 7. The van der Waals surface area contributed by atoms with Crippen molar-refractivity contribution in [3.8, 4) is 6.07 Å². The zero-order valence-corrected chi connectivity index (χ0v) is 22.2. The highest BCUT2D eigenvalue weighted by molar-refractivity contribution is 7.18. The molecule has 1 fully saturated rings. The Morgan fingerprint density at radius 1 is 1.31 bits per heavy atom.